The number of hydrogen-bond donors (Lipinski definition) is 1. The van der Waals surface area contributed by atoms with E-state index in [4.69, 9.17) is 0 Å². The monoisotopic (exact) mass is 288 g/mol. The highest BCUT2D eigenvalue weighted by Gasteiger charge is 2.29. The van der Waals surface area contributed by atoms with Gasteiger partial charge in [-0.3, -0.25) is 4.79 Å². The van der Waals surface area contributed by atoms with Gasteiger partial charge in [0.05, 0.1) is 18.2 Å². The molecule has 0 aromatic heterocycles. The summed E-state index contributed by atoms with van der Waals surface area (Å²) >= 11 is 0. The first-order valence-corrected chi connectivity index (χ1v) is 6.64. The van der Waals surface area contributed by atoms with Crippen LogP contribution in [0.1, 0.15) is 18.0 Å². The van der Waals surface area contributed by atoms with E-state index < -0.39 is 11.6 Å². The molecule has 0 spiro atoms. The lowest BCUT2D eigenvalue weighted by atomic mass is 9.96. The van der Waals surface area contributed by atoms with Crippen LogP contribution in [0.15, 0.2) is 42.5 Å². The van der Waals surface area contributed by atoms with Crippen molar-refractivity contribution in [1.82, 2.24) is 0 Å². The molecule has 1 aliphatic rings. The highest BCUT2D eigenvalue weighted by atomic mass is 19.2. The molecule has 21 heavy (non-hydrogen) atoms. The molecule has 1 N–H and O–H groups in total. The second kappa shape index (κ2) is 5.16. The summed E-state index contributed by atoms with van der Waals surface area (Å²) < 4.78 is 27.1. The van der Waals surface area contributed by atoms with Crippen molar-refractivity contribution in [1.29, 1.82) is 0 Å². The molecule has 1 heterocycles. The van der Waals surface area contributed by atoms with Crippen LogP contribution in [0.3, 0.4) is 0 Å². The third kappa shape index (κ3) is 2.35. The van der Waals surface area contributed by atoms with Crippen LogP contribution in [0.4, 0.5) is 20.2 Å². The molecule has 2 aromatic rings. The fourth-order valence-electron chi connectivity index (χ4n) is 2.58. The summed E-state index contributed by atoms with van der Waals surface area (Å²) in [7, 11) is 1.71. The fourth-order valence-corrected chi connectivity index (χ4v) is 2.58. The van der Waals surface area contributed by atoms with Gasteiger partial charge < -0.3 is 10.2 Å². The van der Waals surface area contributed by atoms with E-state index in [1.807, 2.05) is 24.3 Å². The lowest BCUT2D eigenvalue weighted by molar-refractivity contribution is -0.118. The number of anilines is 2. The largest absolute Gasteiger partial charge is 0.375 e. The number of carbonyl (C=O) groups excluding carboxylic acids is 1. The van der Waals surface area contributed by atoms with Gasteiger partial charge in [0, 0.05) is 12.7 Å². The standard InChI is InChI=1S/C16H14F2N2O/c1-20-14-8-3-2-5-10(14)13(9-15(20)21)19-12-7-4-6-11(17)16(12)18/h2-8,13,19H,9H2,1H3. The van der Waals surface area contributed by atoms with Gasteiger partial charge in [0.2, 0.25) is 5.91 Å². The topological polar surface area (TPSA) is 32.3 Å². The van der Waals surface area contributed by atoms with Crippen LogP contribution in [-0.4, -0.2) is 13.0 Å². The number of nitrogens with one attached hydrogen (secondary N) is 1. The molecular weight excluding hydrogens is 274 g/mol. The summed E-state index contributed by atoms with van der Waals surface area (Å²) in [6.07, 6.45) is 0.198. The molecule has 3 nitrogen and oxygen atoms in total. The molecule has 1 amide bonds. The van der Waals surface area contributed by atoms with Crippen LogP contribution in [-0.2, 0) is 4.79 Å². The molecule has 0 fully saturated rings. The number of para-hydroxylation sites is 1. The van der Waals surface area contributed by atoms with Crippen molar-refractivity contribution in [3.63, 3.8) is 0 Å². The van der Waals surface area contributed by atoms with Gasteiger partial charge in [-0.1, -0.05) is 24.3 Å². The Labute approximate surface area is 121 Å². The van der Waals surface area contributed by atoms with E-state index in [0.717, 1.165) is 17.3 Å². The van der Waals surface area contributed by atoms with Crippen molar-refractivity contribution >= 4 is 17.3 Å². The molecule has 0 saturated carbocycles. The highest BCUT2D eigenvalue weighted by molar-refractivity contribution is 5.97. The Hall–Kier alpha value is -2.43. The molecular formula is C16H14F2N2O. The first-order valence-electron chi connectivity index (χ1n) is 6.64. The third-order valence-electron chi connectivity index (χ3n) is 3.71. The van der Waals surface area contributed by atoms with E-state index in [1.165, 1.54) is 12.1 Å². The molecule has 1 unspecified atom stereocenters. The number of hydrogen-bond acceptors (Lipinski definition) is 2. The van der Waals surface area contributed by atoms with Crippen LogP contribution in [0.5, 0.6) is 0 Å². The number of fused-ring (bicyclic) bond motifs is 1. The minimum absolute atomic E-state index is 0.0622. The van der Waals surface area contributed by atoms with Crippen LogP contribution in [0.25, 0.3) is 0 Å². The van der Waals surface area contributed by atoms with Gasteiger partial charge in [-0.15, -0.1) is 0 Å². The summed E-state index contributed by atoms with van der Waals surface area (Å²) in [5.41, 5.74) is 1.73. The van der Waals surface area contributed by atoms with E-state index in [9.17, 15) is 13.6 Å². The van der Waals surface area contributed by atoms with Crippen molar-refractivity contribution in [3.05, 3.63) is 59.7 Å². The lowest BCUT2D eigenvalue weighted by Gasteiger charge is -2.32. The predicted octanol–water partition coefficient (Wildman–Crippen LogP) is 3.48. The van der Waals surface area contributed by atoms with Gasteiger partial charge >= 0.3 is 0 Å². The summed E-state index contributed by atoms with van der Waals surface area (Å²) in [6, 6.07) is 11.0. The average molecular weight is 288 g/mol. The molecule has 0 bridgehead atoms. The van der Waals surface area contributed by atoms with E-state index in [0.29, 0.717) is 0 Å². The minimum atomic E-state index is -0.929. The maximum Gasteiger partial charge on any atom is 0.229 e. The third-order valence-corrected chi connectivity index (χ3v) is 3.71. The van der Waals surface area contributed by atoms with Crippen molar-refractivity contribution in [3.8, 4) is 0 Å². The smallest absolute Gasteiger partial charge is 0.229 e. The molecule has 0 aliphatic carbocycles. The Morgan fingerprint density at radius 2 is 1.90 bits per heavy atom. The molecule has 0 radical (unpaired) electrons. The number of rotatable bonds is 2. The van der Waals surface area contributed by atoms with Gasteiger partial charge in [-0.05, 0) is 23.8 Å². The molecule has 108 valence electrons. The van der Waals surface area contributed by atoms with E-state index >= 15 is 0 Å². The van der Waals surface area contributed by atoms with Gasteiger partial charge in [0.25, 0.3) is 0 Å². The maximum absolute atomic E-state index is 13.8. The van der Waals surface area contributed by atoms with E-state index in [1.54, 1.807) is 11.9 Å². The predicted molar refractivity (Wildman–Crippen MR) is 77.2 cm³/mol. The maximum atomic E-state index is 13.8. The summed E-state index contributed by atoms with van der Waals surface area (Å²) in [4.78, 5) is 13.6. The van der Waals surface area contributed by atoms with Crippen molar-refractivity contribution in [2.45, 2.75) is 12.5 Å². The van der Waals surface area contributed by atoms with Crippen LogP contribution < -0.4 is 10.2 Å². The zero-order valence-corrected chi connectivity index (χ0v) is 11.4. The zero-order chi connectivity index (χ0) is 15.0. The van der Waals surface area contributed by atoms with E-state index in [2.05, 4.69) is 5.32 Å². The first-order chi connectivity index (χ1) is 10.1. The Morgan fingerprint density at radius 1 is 1.14 bits per heavy atom. The van der Waals surface area contributed by atoms with Crippen LogP contribution in [0, 0.1) is 11.6 Å². The van der Waals surface area contributed by atoms with Crippen molar-refractivity contribution in [2.24, 2.45) is 0 Å². The normalized spacial score (nSPS) is 17.6. The van der Waals surface area contributed by atoms with Crippen LogP contribution in [0.2, 0.25) is 0 Å². The molecule has 2 aromatic carbocycles. The number of halogens is 2. The van der Waals surface area contributed by atoms with E-state index in [-0.39, 0.29) is 24.1 Å². The van der Waals surface area contributed by atoms with Crippen molar-refractivity contribution in [2.75, 3.05) is 17.3 Å². The Kier molecular flexibility index (Phi) is 3.33. The highest BCUT2D eigenvalue weighted by Crippen LogP contribution is 2.36. The summed E-state index contributed by atoms with van der Waals surface area (Å²) in [5, 5.41) is 2.93. The second-order valence-electron chi connectivity index (χ2n) is 5.01. The number of amides is 1. The number of carbonyl (C=O) groups is 1. The molecule has 3 rings (SSSR count). The molecule has 0 saturated heterocycles. The Balaban J connectivity index is 1.98. The van der Waals surface area contributed by atoms with Gasteiger partial charge in [-0.25, -0.2) is 8.78 Å². The SMILES string of the molecule is CN1C(=O)CC(Nc2cccc(F)c2F)c2ccccc21. The van der Waals surface area contributed by atoms with Crippen LogP contribution >= 0.6 is 0 Å². The average Bonchev–Trinajstić information content (AvgIpc) is 2.49. The quantitative estimate of drug-likeness (QED) is 0.917. The molecule has 1 aliphatic heterocycles. The number of benzene rings is 2. The number of nitrogens with zero attached hydrogens (tertiary/aromatic N) is 1. The Morgan fingerprint density at radius 3 is 2.71 bits per heavy atom. The van der Waals surface area contributed by atoms with Gasteiger partial charge in [-0.2, -0.15) is 0 Å². The summed E-state index contributed by atoms with van der Waals surface area (Å²) in [5.74, 6) is -1.91. The minimum Gasteiger partial charge on any atom is -0.375 e. The molecule has 5 heteroatoms. The lowest BCUT2D eigenvalue weighted by Crippen LogP contribution is -2.35. The second-order valence-corrected chi connectivity index (χ2v) is 5.01. The first kappa shape index (κ1) is 13.5. The summed E-state index contributed by atoms with van der Waals surface area (Å²) in [6.45, 7) is 0. The fraction of sp³-hybridized carbons (Fsp3) is 0.188. The Bertz CT molecular complexity index is 702. The van der Waals surface area contributed by atoms with Crippen molar-refractivity contribution < 1.29 is 13.6 Å². The van der Waals surface area contributed by atoms with Gasteiger partial charge in [0.15, 0.2) is 11.6 Å². The molecule has 1 atom stereocenters. The van der Waals surface area contributed by atoms with Gasteiger partial charge in [0.1, 0.15) is 0 Å². The zero-order valence-electron chi connectivity index (χ0n) is 11.4.